The van der Waals surface area contributed by atoms with Crippen molar-refractivity contribution in [3.8, 4) is 0 Å². The first-order valence-corrected chi connectivity index (χ1v) is 5.83. The van der Waals surface area contributed by atoms with Crippen LogP contribution in [0.3, 0.4) is 0 Å². The first kappa shape index (κ1) is 13.4. The van der Waals surface area contributed by atoms with Crippen molar-refractivity contribution < 1.29 is 4.79 Å². The Kier molecular flexibility index (Phi) is 4.06. The first-order valence-electron chi connectivity index (χ1n) is 5.83. The van der Waals surface area contributed by atoms with Gasteiger partial charge in [0, 0.05) is 5.56 Å². The third kappa shape index (κ3) is 2.55. The van der Waals surface area contributed by atoms with Crippen LogP contribution in [0.1, 0.15) is 47.8 Å². The lowest BCUT2D eigenvalue weighted by Crippen LogP contribution is -2.05. The Morgan fingerprint density at radius 1 is 1.12 bits per heavy atom. The average molecular weight is 228 g/mol. The van der Waals surface area contributed by atoms with E-state index in [0.717, 1.165) is 33.4 Å². The van der Waals surface area contributed by atoms with Gasteiger partial charge in [0.2, 0.25) is 0 Å². The van der Waals surface area contributed by atoms with Gasteiger partial charge in [0.15, 0.2) is 5.78 Å². The molecule has 17 heavy (non-hydrogen) atoms. The molecule has 0 heterocycles. The van der Waals surface area contributed by atoms with E-state index in [4.69, 9.17) is 0 Å². The normalized spacial score (nSPS) is 11.5. The van der Waals surface area contributed by atoms with E-state index >= 15 is 0 Å². The van der Waals surface area contributed by atoms with Gasteiger partial charge in [-0.15, -0.1) is 0 Å². The van der Waals surface area contributed by atoms with Crippen LogP contribution < -0.4 is 0 Å². The minimum Gasteiger partial charge on any atom is -0.289 e. The SMILES string of the molecule is C=C(C)c1ccc(C(=O)C(C)=CC)c(C)c1C. The van der Waals surface area contributed by atoms with Crippen LogP contribution in [0.25, 0.3) is 5.57 Å². The van der Waals surface area contributed by atoms with Gasteiger partial charge in [-0.05, 0) is 56.9 Å². The zero-order chi connectivity index (χ0) is 13.2. The third-order valence-electron chi connectivity index (χ3n) is 3.28. The van der Waals surface area contributed by atoms with Crippen molar-refractivity contribution in [2.75, 3.05) is 0 Å². The summed E-state index contributed by atoms with van der Waals surface area (Å²) in [5, 5.41) is 0. The van der Waals surface area contributed by atoms with E-state index in [1.54, 1.807) is 0 Å². The van der Waals surface area contributed by atoms with E-state index in [0.29, 0.717) is 0 Å². The van der Waals surface area contributed by atoms with Gasteiger partial charge in [-0.25, -0.2) is 0 Å². The molecule has 0 amide bonds. The summed E-state index contributed by atoms with van der Waals surface area (Å²) in [6.45, 7) is 13.7. The van der Waals surface area contributed by atoms with Crippen LogP contribution in [0, 0.1) is 13.8 Å². The quantitative estimate of drug-likeness (QED) is 0.550. The van der Waals surface area contributed by atoms with Gasteiger partial charge < -0.3 is 0 Å². The standard InChI is InChI=1S/C16H20O/c1-7-11(4)16(17)15-9-8-14(10(2)3)12(5)13(15)6/h7-9H,2H2,1,3-6H3. The Morgan fingerprint density at radius 2 is 1.59 bits per heavy atom. The zero-order valence-electron chi connectivity index (χ0n) is 11.3. The maximum absolute atomic E-state index is 12.1. The molecule has 1 aromatic rings. The van der Waals surface area contributed by atoms with Gasteiger partial charge in [-0.3, -0.25) is 4.79 Å². The minimum atomic E-state index is 0.112. The fourth-order valence-electron chi connectivity index (χ4n) is 1.87. The molecule has 1 nitrogen and oxygen atoms in total. The highest BCUT2D eigenvalue weighted by Crippen LogP contribution is 2.24. The van der Waals surface area contributed by atoms with Gasteiger partial charge >= 0.3 is 0 Å². The number of ketones is 1. The Bertz CT molecular complexity index is 505. The number of benzene rings is 1. The molecule has 1 aromatic carbocycles. The molecule has 0 aromatic heterocycles. The second-order valence-electron chi connectivity index (χ2n) is 4.49. The van der Waals surface area contributed by atoms with Crippen LogP contribution in [-0.2, 0) is 0 Å². The number of rotatable bonds is 3. The number of Topliss-reactive ketones (excluding diaryl/α,β-unsaturated/α-hetero) is 1. The Hall–Kier alpha value is -1.63. The fourth-order valence-corrected chi connectivity index (χ4v) is 1.87. The summed E-state index contributed by atoms with van der Waals surface area (Å²) >= 11 is 0. The third-order valence-corrected chi connectivity index (χ3v) is 3.28. The highest BCUT2D eigenvalue weighted by molar-refractivity contribution is 6.09. The van der Waals surface area contributed by atoms with Gasteiger partial charge in [-0.1, -0.05) is 30.4 Å². The molecule has 0 aliphatic rings. The average Bonchev–Trinajstić information content (AvgIpc) is 2.30. The van der Waals surface area contributed by atoms with E-state index in [9.17, 15) is 4.79 Å². The second-order valence-corrected chi connectivity index (χ2v) is 4.49. The smallest absolute Gasteiger partial charge is 0.188 e. The Balaban J connectivity index is 3.36. The number of allylic oxidation sites excluding steroid dienone is 3. The number of carbonyl (C=O) groups excluding carboxylic acids is 1. The number of hydrogen-bond donors (Lipinski definition) is 0. The molecule has 0 aliphatic heterocycles. The van der Waals surface area contributed by atoms with E-state index in [2.05, 4.69) is 6.58 Å². The van der Waals surface area contributed by atoms with Crippen molar-refractivity contribution in [1.82, 2.24) is 0 Å². The van der Waals surface area contributed by atoms with Gasteiger partial charge in [-0.2, -0.15) is 0 Å². The Labute approximate surface area is 104 Å². The van der Waals surface area contributed by atoms with Crippen molar-refractivity contribution >= 4 is 11.4 Å². The summed E-state index contributed by atoms with van der Waals surface area (Å²) in [6, 6.07) is 3.89. The van der Waals surface area contributed by atoms with Gasteiger partial charge in [0.1, 0.15) is 0 Å². The topological polar surface area (TPSA) is 17.1 Å². The van der Waals surface area contributed by atoms with Gasteiger partial charge in [0.25, 0.3) is 0 Å². The summed E-state index contributed by atoms with van der Waals surface area (Å²) in [7, 11) is 0. The Morgan fingerprint density at radius 3 is 2.06 bits per heavy atom. The summed E-state index contributed by atoms with van der Waals surface area (Å²) in [5.74, 6) is 0.112. The molecular weight excluding hydrogens is 208 g/mol. The molecule has 0 aliphatic carbocycles. The lowest BCUT2D eigenvalue weighted by atomic mass is 9.91. The monoisotopic (exact) mass is 228 g/mol. The highest BCUT2D eigenvalue weighted by atomic mass is 16.1. The predicted molar refractivity (Wildman–Crippen MR) is 74.4 cm³/mol. The van der Waals surface area contributed by atoms with Crippen molar-refractivity contribution in [3.05, 3.63) is 52.6 Å². The first-order chi connectivity index (χ1) is 7.90. The molecule has 90 valence electrons. The van der Waals surface area contributed by atoms with Crippen molar-refractivity contribution in [2.24, 2.45) is 0 Å². The molecule has 0 unspecified atom stereocenters. The summed E-state index contributed by atoms with van der Waals surface area (Å²) < 4.78 is 0. The largest absolute Gasteiger partial charge is 0.289 e. The van der Waals surface area contributed by atoms with Crippen molar-refractivity contribution in [3.63, 3.8) is 0 Å². The van der Waals surface area contributed by atoms with Crippen LogP contribution in [0.4, 0.5) is 0 Å². The molecule has 0 radical (unpaired) electrons. The highest BCUT2D eigenvalue weighted by Gasteiger charge is 2.13. The lowest BCUT2D eigenvalue weighted by molar-refractivity contribution is 0.103. The molecule has 0 spiro atoms. The molecule has 0 fully saturated rings. The predicted octanol–water partition coefficient (Wildman–Crippen LogP) is 4.49. The van der Waals surface area contributed by atoms with E-state index in [1.807, 2.05) is 52.8 Å². The maximum Gasteiger partial charge on any atom is 0.188 e. The zero-order valence-corrected chi connectivity index (χ0v) is 11.3. The molecular formula is C16H20O. The minimum absolute atomic E-state index is 0.112. The van der Waals surface area contributed by atoms with Crippen LogP contribution in [0.15, 0.2) is 30.4 Å². The molecule has 0 N–H and O–H groups in total. The summed E-state index contributed by atoms with van der Waals surface area (Å²) in [6.07, 6.45) is 1.85. The van der Waals surface area contributed by atoms with E-state index < -0.39 is 0 Å². The number of carbonyl (C=O) groups is 1. The molecule has 0 atom stereocenters. The van der Waals surface area contributed by atoms with Gasteiger partial charge in [0.05, 0.1) is 0 Å². The molecule has 1 rings (SSSR count). The van der Waals surface area contributed by atoms with Crippen molar-refractivity contribution in [2.45, 2.75) is 34.6 Å². The molecule has 0 bridgehead atoms. The molecule has 0 saturated heterocycles. The van der Waals surface area contributed by atoms with Crippen molar-refractivity contribution in [1.29, 1.82) is 0 Å². The second kappa shape index (κ2) is 5.13. The molecule has 1 heteroatoms. The number of hydrogen-bond acceptors (Lipinski definition) is 1. The van der Waals surface area contributed by atoms with Crippen LogP contribution >= 0.6 is 0 Å². The van der Waals surface area contributed by atoms with E-state index in [1.165, 1.54) is 0 Å². The van der Waals surface area contributed by atoms with Crippen LogP contribution in [0.2, 0.25) is 0 Å². The fraction of sp³-hybridized carbons (Fsp3) is 0.312. The van der Waals surface area contributed by atoms with E-state index in [-0.39, 0.29) is 5.78 Å². The summed E-state index contributed by atoms with van der Waals surface area (Å²) in [4.78, 5) is 12.1. The van der Waals surface area contributed by atoms with Crippen LogP contribution in [-0.4, -0.2) is 5.78 Å². The lowest BCUT2D eigenvalue weighted by Gasteiger charge is -2.13. The maximum atomic E-state index is 12.1. The summed E-state index contributed by atoms with van der Waals surface area (Å²) in [5.41, 5.74) is 5.95. The van der Waals surface area contributed by atoms with Crippen LogP contribution in [0.5, 0.6) is 0 Å². The molecule has 0 saturated carbocycles.